The second-order valence-electron chi connectivity index (χ2n) is 3.19. The Morgan fingerprint density at radius 2 is 2.00 bits per heavy atom. The summed E-state index contributed by atoms with van der Waals surface area (Å²) in [5.41, 5.74) is 0.904. The van der Waals surface area contributed by atoms with Crippen molar-refractivity contribution in [3.05, 3.63) is 42.1 Å². The molecule has 63 valence electrons. The summed E-state index contributed by atoms with van der Waals surface area (Å²) < 4.78 is 0. The molecule has 0 aromatic heterocycles. The summed E-state index contributed by atoms with van der Waals surface area (Å²) in [5.74, 6) is 0. The molecule has 2 atom stereocenters. The van der Waals surface area contributed by atoms with E-state index in [1.165, 1.54) is 0 Å². The summed E-state index contributed by atoms with van der Waals surface area (Å²) in [6, 6.07) is 10.1. The molecule has 1 aromatic rings. The fourth-order valence-electron chi connectivity index (χ4n) is 1.29. The lowest BCUT2D eigenvalue weighted by molar-refractivity contribution is 0.225. The molecule has 12 heavy (non-hydrogen) atoms. The van der Waals surface area contributed by atoms with Gasteiger partial charge in [0, 0.05) is 18.2 Å². The Kier molecular flexibility index (Phi) is 1.87. The predicted molar refractivity (Wildman–Crippen MR) is 46.9 cm³/mol. The molecule has 1 saturated heterocycles. The number of hydrogen-bond acceptors (Lipinski definition) is 2. The van der Waals surface area contributed by atoms with Crippen molar-refractivity contribution in [3.8, 4) is 0 Å². The van der Waals surface area contributed by atoms with E-state index < -0.39 is 0 Å². The first-order valence-electron chi connectivity index (χ1n) is 4.17. The fraction of sp³-hybridized carbons (Fsp3) is 0.300. The lowest BCUT2D eigenvalue weighted by atomic mass is 10.2. The van der Waals surface area contributed by atoms with Crippen LogP contribution in [-0.4, -0.2) is 22.6 Å². The lowest BCUT2D eigenvalue weighted by Gasteiger charge is -2.09. The van der Waals surface area contributed by atoms with E-state index in [1.54, 1.807) is 0 Å². The summed E-state index contributed by atoms with van der Waals surface area (Å²) in [4.78, 5) is 1.97. The summed E-state index contributed by atoms with van der Waals surface area (Å²) in [5, 5.41) is 9.67. The molecule has 0 spiro atoms. The molecule has 1 heterocycles. The molecule has 1 radical (unpaired) electrons. The minimum Gasteiger partial charge on any atom is -0.367 e. The molecule has 2 unspecified atom stereocenters. The van der Waals surface area contributed by atoms with Gasteiger partial charge in [0.25, 0.3) is 0 Å². The second kappa shape index (κ2) is 2.88. The summed E-state index contributed by atoms with van der Waals surface area (Å²) in [6.07, 6.45) is 0.406. The molecule has 1 aromatic carbocycles. The van der Waals surface area contributed by atoms with Crippen LogP contribution in [0, 0.1) is 6.23 Å². The first-order valence-corrected chi connectivity index (χ1v) is 4.17. The number of hydrogen-bond donors (Lipinski definition) is 1. The number of aliphatic hydroxyl groups is 1. The molecular weight excluding hydrogens is 150 g/mol. The third kappa shape index (κ3) is 1.36. The van der Waals surface area contributed by atoms with Crippen molar-refractivity contribution in [1.29, 1.82) is 0 Å². The van der Waals surface area contributed by atoms with E-state index in [9.17, 15) is 5.11 Å². The van der Waals surface area contributed by atoms with Gasteiger partial charge in [-0.05, 0) is 6.92 Å². The highest BCUT2D eigenvalue weighted by Crippen LogP contribution is 2.28. The van der Waals surface area contributed by atoms with Gasteiger partial charge in [-0.15, -0.1) is 0 Å². The zero-order chi connectivity index (χ0) is 8.55. The van der Waals surface area contributed by atoms with Crippen molar-refractivity contribution in [2.75, 3.05) is 6.54 Å². The van der Waals surface area contributed by atoms with Crippen LogP contribution >= 0.6 is 0 Å². The maximum Gasteiger partial charge on any atom is 0.193 e. The fourth-order valence-corrected chi connectivity index (χ4v) is 1.29. The molecule has 0 saturated carbocycles. The Bertz CT molecular complexity index is 260. The van der Waals surface area contributed by atoms with Crippen molar-refractivity contribution < 1.29 is 5.11 Å². The van der Waals surface area contributed by atoms with Crippen molar-refractivity contribution in [3.63, 3.8) is 0 Å². The van der Waals surface area contributed by atoms with Crippen LogP contribution in [0.3, 0.4) is 0 Å². The molecule has 0 aliphatic carbocycles. The SMILES string of the molecule is CC1CN1[C](O)c1ccccc1. The lowest BCUT2D eigenvalue weighted by Crippen LogP contribution is -2.10. The molecule has 1 N–H and O–H groups in total. The van der Waals surface area contributed by atoms with Crippen LogP contribution in [0.2, 0.25) is 0 Å². The molecular formula is C10H12NO. The second-order valence-corrected chi connectivity index (χ2v) is 3.19. The zero-order valence-corrected chi connectivity index (χ0v) is 7.07. The summed E-state index contributed by atoms with van der Waals surface area (Å²) in [7, 11) is 0. The van der Waals surface area contributed by atoms with E-state index in [0.717, 1.165) is 12.1 Å². The predicted octanol–water partition coefficient (Wildman–Crippen LogP) is 1.60. The Labute approximate surface area is 72.4 Å². The van der Waals surface area contributed by atoms with Gasteiger partial charge in [-0.25, -0.2) is 0 Å². The number of nitrogens with zero attached hydrogens (tertiary/aromatic N) is 1. The van der Waals surface area contributed by atoms with E-state index >= 15 is 0 Å². The van der Waals surface area contributed by atoms with Gasteiger partial charge in [0.1, 0.15) is 0 Å². The van der Waals surface area contributed by atoms with Crippen LogP contribution in [-0.2, 0) is 0 Å². The highest BCUT2D eigenvalue weighted by atomic mass is 16.3. The van der Waals surface area contributed by atoms with E-state index in [4.69, 9.17) is 0 Å². The minimum absolute atomic E-state index is 0.406. The quantitative estimate of drug-likeness (QED) is 0.667. The van der Waals surface area contributed by atoms with Gasteiger partial charge in [-0.2, -0.15) is 0 Å². The minimum atomic E-state index is 0.406. The molecule has 0 bridgehead atoms. The van der Waals surface area contributed by atoms with Crippen LogP contribution in [0.5, 0.6) is 0 Å². The largest absolute Gasteiger partial charge is 0.367 e. The van der Waals surface area contributed by atoms with Crippen molar-refractivity contribution in [2.24, 2.45) is 0 Å². The van der Waals surface area contributed by atoms with Gasteiger partial charge >= 0.3 is 0 Å². The first-order chi connectivity index (χ1) is 5.79. The van der Waals surface area contributed by atoms with Gasteiger partial charge in [0.05, 0.1) is 0 Å². The van der Waals surface area contributed by atoms with Gasteiger partial charge in [0.2, 0.25) is 0 Å². The average molecular weight is 162 g/mol. The maximum atomic E-state index is 9.67. The van der Waals surface area contributed by atoms with Gasteiger partial charge in [0.15, 0.2) is 6.23 Å². The van der Waals surface area contributed by atoms with E-state index in [1.807, 2.05) is 35.2 Å². The number of aliphatic hydroxyl groups excluding tert-OH is 1. The van der Waals surface area contributed by atoms with E-state index in [0.29, 0.717) is 12.3 Å². The van der Waals surface area contributed by atoms with Gasteiger partial charge < -0.3 is 5.11 Å². The van der Waals surface area contributed by atoms with Crippen LogP contribution in [0.4, 0.5) is 0 Å². The zero-order valence-electron chi connectivity index (χ0n) is 7.07. The van der Waals surface area contributed by atoms with Gasteiger partial charge in [-0.1, -0.05) is 30.3 Å². The van der Waals surface area contributed by atoms with Crippen LogP contribution in [0.1, 0.15) is 12.5 Å². The Hall–Kier alpha value is -0.860. The molecule has 1 aliphatic heterocycles. The monoisotopic (exact) mass is 162 g/mol. The van der Waals surface area contributed by atoms with Crippen LogP contribution in [0.25, 0.3) is 0 Å². The molecule has 1 fully saturated rings. The normalized spacial score (nSPS) is 27.6. The average Bonchev–Trinajstić information content (AvgIpc) is 2.83. The summed E-state index contributed by atoms with van der Waals surface area (Å²) >= 11 is 0. The first kappa shape index (κ1) is 7.77. The highest BCUT2D eigenvalue weighted by molar-refractivity contribution is 5.27. The maximum absolute atomic E-state index is 9.67. The van der Waals surface area contributed by atoms with E-state index in [-0.39, 0.29) is 0 Å². The Balaban J connectivity index is 2.10. The van der Waals surface area contributed by atoms with Crippen LogP contribution in [0.15, 0.2) is 30.3 Å². The topological polar surface area (TPSA) is 23.2 Å². The molecule has 2 rings (SSSR count). The van der Waals surface area contributed by atoms with E-state index in [2.05, 4.69) is 6.92 Å². The van der Waals surface area contributed by atoms with Crippen LogP contribution < -0.4 is 0 Å². The molecule has 2 nitrogen and oxygen atoms in total. The standard InChI is InChI=1S/C10H12NO/c1-8-7-11(8)10(12)9-5-3-2-4-6-9/h2-6,8,12H,7H2,1H3. The van der Waals surface area contributed by atoms with Gasteiger partial charge in [-0.3, -0.25) is 4.90 Å². The highest BCUT2D eigenvalue weighted by Gasteiger charge is 2.36. The Morgan fingerprint density at radius 3 is 2.50 bits per heavy atom. The molecule has 1 aliphatic rings. The number of benzene rings is 1. The number of rotatable bonds is 2. The van der Waals surface area contributed by atoms with Crippen molar-refractivity contribution >= 4 is 0 Å². The smallest absolute Gasteiger partial charge is 0.193 e. The third-order valence-corrected chi connectivity index (χ3v) is 2.16. The van der Waals surface area contributed by atoms with Crippen molar-refractivity contribution in [1.82, 2.24) is 4.90 Å². The third-order valence-electron chi connectivity index (χ3n) is 2.16. The summed E-state index contributed by atoms with van der Waals surface area (Å²) in [6.45, 7) is 3.07. The van der Waals surface area contributed by atoms with Crippen molar-refractivity contribution in [2.45, 2.75) is 13.0 Å². The molecule has 2 heteroatoms. The Morgan fingerprint density at radius 1 is 1.42 bits per heavy atom. The molecule has 0 amide bonds.